The summed E-state index contributed by atoms with van der Waals surface area (Å²) in [5.41, 5.74) is 1.14. The molecule has 1 aromatic carbocycles. The third kappa shape index (κ3) is 5.25. The summed E-state index contributed by atoms with van der Waals surface area (Å²) >= 11 is 0. The molecular weight excluding hydrogens is 368 g/mol. The van der Waals surface area contributed by atoms with E-state index < -0.39 is 0 Å². The van der Waals surface area contributed by atoms with Crippen LogP contribution in [-0.2, 0) is 20.8 Å². The molecule has 1 heterocycles. The summed E-state index contributed by atoms with van der Waals surface area (Å²) in [7, 11) is 0. The van der Waals surface area contributed by atoms with E-state index in [1.54, 1.807) is 0 Å². The summed E-state index contributed by atoms with van der Waals surface area (Å²) in [5, 5.41) is 2.89. The second-order valence-electron chi connectivity index (χ2n) is 7.64. The van der Waals surface area contributed by atoms with Crippen LogP contribution in [0.3, 0.4) is 0 Å². The molecule has 2 atom stereocenters. The van der Waals surface area contributed by atoms with Gasteiger partial charge in [-0.05, 0) is 43.7 Å². The van der Waals surface area contributed by atoms with Gasteiger partial charge in [-0.25, -0.2) is 0 Å². The van der Waals surface area contributed by atoms with Crippen molar-refractivity contribution in [1.29, 1.82) is 0 Å². The average Bonchev–Trinajstić information content (AvgIpc) is 2.99. The maximum Gasteiger partial charge on any atom is 0.233 e. The smallest absolute Gasteiger partial charge is 0.233 e. The summed E-state index contributed by atoms with van der Waals surface area (Å²) in [6, 6.07) is 7.97. The molecule has 156 valence electrons. The number of ether oxygens (including phenoxy) is 1. The van der Waals surface area contributed by atoms with Crippen LogP contribution < -0.4 is 10.1 Å². The minimum absolute atomic E-state index is 0.124. The number of benzene rings is 1. The highest BCUT2D eigenvalue weighted by Crippen LogP contribution is 2.34. The number of allylic oxidation sites excluding steroid dienone is 2. The molecule has 1 fully saturated rings. The first-order chi connectivity index (χ1) is 14.1. The number of likely N-dealkylation sites (tertiary alicyclic amines) is 1. The maximum atomic E-state index is 12.4. The van der Waals surface area contributed by atoms with Crippen molar-refractivity contribution in [3.05, 3.63) is 42.0 Å². The third-order valence-electron chi connectivity index (χ3n) is 5.54. The Morgan fingerprint density at radius 3 is 2.52 bits per heavy atom. The predicted molar refractivity (Wildman–Crippen MR) is 110 cm³/mol. The van der Waals surface area contributed by atoms with E-state index in [1.165, 1.54) is 4.90 Å². The number of carbonyl (C=O) groups is 3. The van der Waals surface area contributed by atoms with Gasteiger partial charge in [0.1, 0.15) is 5.75 Å². The Balaban J connectivity index is 1.38. The fourth-order valence-corrected chi connectivity index (χ4v) is 3.96. The molecule has 6 heteroatoms. The van der Waals surface area contributed by atoms with Gasteiger partial charge in [0.05, 0.1) is 18.4 Å². The zero-order chi connectivity index (χ0) is 20.6. The van der Waals surface area contributed by atoms with E-state index >= 15 is 0 Å². The van der Waals surface area contributed by atoms with Crippen molar-refractivity contribution < 1.29 is 19.1 Å². The molecule has 29 heavy (non-hydrogen) atoms. The molecular formula is C23H30N2O4. The van der Waals surface area contributed by atoms with Crippen molar-refractivity contribution in [2.45, 2.75) is 45.4 Å². The number of hydrogen-bond acceptors (Lipinski definition) is 4. The quantitative estimate of drug-likeness (QED) is 0.374. The van der Waals surface area contributed by atoms with E-state index in [2.05, 4.69) is 12.2 Å². The summed E-state index contributed by atoms with van der Waals surface area (Å²) in [6.45, 7) is 3.49. The lowest BCUT2D eigenvalue weighted by Gasteiger charge is -2.14. The molecule has 1 saturated heterocycles. The Morgan fingerprint density at radius 2 is 1.83 bits per heavy atom. The lowest BCUT2D eigenvalue weighted by atomic mass is 9.85. The first-order valence-corrected chi connectivity index (χ1v) is 10.6. The molecule has 1 aliphatic heterocycles. The normalized spacial score (nSPS) is 20.7. The van der Waals surface area contributed by atoms with E-state index in [4.69, 9.17) is 4.74 Å². The number of nitrogens with zero attached hydrogens (tertiary/aromatic N) is 1. The second kappa shape index (κ2) is 10.2. The van der Waals surface area contributed by atoms with Gasteiger partial charge in [0.2, 0.25) is 17.7 Å². The molecule has 0 saturated carbocycles. The summed E-state index contributed by atoms with van der Waals surface area (Å²) < 4.78 is 5.76. The molecule has 0 unspecified atom stereocenters. The minimum Gasteiger partial charge on any atom is -0.493 e. The monoisotopic (exact) mass is 398 g/mol. The Hall–Kier alpha value is -2.63. The van der Waals surface area contributed by atoms with Gasteiger partial charge in [0.25, 0.3) is 0 Å². The molecule has 0 radical (unpaired) electrons. The topological polar surface area (TPSA) is 75.7 Å². The van der Waals surface area contributed by atoms with Gasteiger partial charge in [0, 0.05) is 19.5 Å². The Kier molecular flexibility index (Phi) is 7.44. The Labute approximate surface area is 172 Å². The largest absolute Gasteiger partial charge is 0.493 e. The number of amides is 3. The van der Waals surface area contributed by atoms with Gasteiger partial charge in [-0.2, -0.15) is 0 Å². The highest BCUT2D eigenvalue weighted by atomic mass is 16.5. The molecule has 2 aliphatic rings. The second-order valence-corrected chi connectivity index (χ2v) is 7.64. The van der Waals surface area contributed by atoms with E-state index in [0.29, 0.717) is 26.0 Å². The number of aryl methyl sites for hydroxylation is 1. The SMILES string of the molecule is CCCOc1ccccc1CCCNC(=O)CCN1C(=O)[C@H]2CC=CC[C@H]2C1=O. The van der Waals surface area contributed by atoms with Gasteiger partial charge >= 0.3 is 0 Å². The number of fused-ring (bicyclic) bond motifs is 1. The summed E-state index contributed by atoms with van der Waals surface area (Å²) in [4.78, 5) is 38.3. The predicted octanol–water partition coefficient (Wildman–Crippen LogP) is 2.87. The number of carbonyl (C=O) groups excluding carboxylic acids is 3. The van der Waals surface area contributed by atoms with Crippen LogP contribution in [0.25, 0.3) is 0 Å². The number of para-hydroxylation sites is 1. The van der Waals surface area contributed by atoms with Crippen molar-refractivity contribution in [1.82, 2.24) is 10.2 Å². The van der Waals surface area contributed by atoms with E-state index in [-0.39, 0.29) is 42.5 Å². The van der Waals surface area contributed by atoms with Crippen molar-refractivity contribution in [3.63, 3.8) is 0 Å². The zero-order valence-corrected chi connectivity index (χ0v) is 17.1. The highest BCUT2D eigenvalue weighted by Gasteiger charge is 2.46. The van der Waals surface area contributed by atoms with E-state index in [1.807, 2.05) is 36.4 Å². The highest BCUT2D eigenvalue weighted by molar-refractivity contribution is 6.05. The number of hydrogen-bond donors (Lipinski definition) is 1. The van der Waals surface area contributed by atoms with Crippen LogP contribution in [0.15, 0.2) is 36.4 Å². The van der Waals surface area contributed by atoms with Crippen LogP contribution in [0.5, 0.6) is 5.75 Å². The van der Waals surface area contributed by atoms with Crippen molar-refractivity contribution in [3.8, 4) is 5.75 Å². The van der Waals surface area contributed by atoms with E-state index in [9.17, 15) is 14.4 Å². The van der Waals surface area contributed by atoms with Crippen LogP contribution in [0, 0.1) is 11.8 Å². The summed E-state index contributed by atoms with van der Waals surface area (Å²) in [6.07, 6.45) is 7.92. The molecule has 1 N–H and O–H groups in total. The Bertz CT molecular complexity index is 748. The fourth-order valence-electron chi connectivity index (χ4n) is 3.96. The zero-order valence-electron chi connectivity index (χ0n) is 17.1. The third-order valence-corrected chi connectivity index (χ3v) is 5.54. The standard InChI is InChI=1S/C23H30N2O4/c1-2-16-29-20-12-6-3-8-17(20)9-7-14-24-21(26)13-15-25-22(27)18-10-4-5-11-19(18)23(25)28/h3-6,8,12,18-19H,2,7,9-11,13-16H2,1H3,(H,24,26)/t18-,19+. The van der Waals surface area contributed by atoms with Crippen molar-refractivity contribution in [2.24, 2.45) is 11.8 Å². The molecule has 0 aromatic heterocycles. The van der Waals surface area contributed by atoms with Gasteiger partial charge in [-0.3, -0.25) is 19.3 Å². The molecule has 1 aromatic rings. The van der Waals surface area contributed by atoms with Crippen LogP contribution in [0.4, 0.5) is 0 Å². The molecule has 0 spiro atoms. The van der Waals surface area contributed by atoms with Crippen LogP contribution >= 0.6 is 0 Å². The first-order valence-electron chi connectivity index (χ1n) is 10.6. The van der Waals surface area contributed by atoms with E-state index in [0.717, 1.165) is 30.6 Å². The lowest BCUT2D eigenvalue weighted by molar-refractivity contribution is -0.140. The molecule has 3 amide bonds. The molecule has 1 aliphatic carbocycles. The molecule has 6 nitrogen and oxygen atoms in total. The first kappa shape index (κ1) is 21.1. The summed E-state index contributed by atoms with van der Waals surface area (Å²) in [5.74, 6) is 0.0644. The lowest BCUT2D eigenvalue weighted by Crippen LogP contribution is -2.35. The Morgan fingerprint density at radius 1 is 1.14 bits per heavy atom. The van der Waals surface area contributed by atoms with Gasteiger partial charge < -0.3 is 10.1 Å². The number of imide groups is 1. The van der Waals surface area contributed by atoms with Gasteiger partial charge in [-0.1, -0.05) is 37.3 Å². The maximum absolute atomic E-state index is 12.4. The van der Waals surface area contributed by atoms with Crippen LogP contribution in [0.2, 0.25) is 0 Å². The fraction of sp³-hybridized carbons (Fsp3) is 0.522. The van der Waals surface area contributed by atoms with Crippen LogP contribution in [-0.4, -0.2) is 42.3 Å². The van der Waals surface area contributed by atoms with Crippen LogP contribution in [0.1, 0.15) is 44.6 Å². The number of rotatable bonds is 10. The van der Waals surface area contributed by atoms with Gasteiger partial charge in [-0.15, -0.1) is 0 Å². The van der Waals surface area contributed by atoms with Gasteiger partial charge in [0.15, 0.2) is 0 Å². The molecule has 3 rings (SSSR count). The van der Waals surface area contributed by atoms with Crippen molar-refractivity contribution >= 4 is 17.7 Å². The average molecular weight is 399 g/mol. The minimum atomic E-state index is -0.231. The van der Waals surface area contributed by atoms with Crippen molar-refractivity contribution in [2.75, 3.05) is 19.7 Å². The molecule has 0 bridgehead atoms. The number of nitrogens with one attached hydrogen (secondary N) is 1.